The molecular weight excluding hydrogens is 277 g/mol. The maximum Gasteiger partial charge on any atom is 0.405 e. The summed E-state index contributed by atoms with van der Waals surface area (Å²) in [6.07, 6.45) is -3.20. The molecule has 0 saturated carbocycles. The van der Waals surface area contributed by atoms with E-state index in [1.54, 1.807) is 5.32 Å². The van der Waals surface area contributed by atoms with Gasteiger partial charge in [0.15, 0.2) is 0 Å². The molecule has 0 heterocycles. The van der Waals surface area contributed by atoms with Crippen molar-refractivity contribution >= 4 is 11.9 Å². The van der Waals surface area contributed by atoms with Crippen LogP contribution in [0.25, 0.3) is 0 Å². The molecule has 20 heavy (non-hydrogen) atoms. The Labute approximate surface area is 115 Å². The van der Waals surface area contributed by atoms with Gasteiger partial charge in [-0.05, 0) is 24.8 Å². The first-order valence-electron chi connectivity index (χ1n) is 6.28. The highest BCUT2D eigenvalue weighted by atomic mass is 19.4. The molecule has 3 N–H and O–H groups in total. The van der Waals surface area contributed by atoms with Crippen molar-refractivity contribution in [2.45, 2.75) is 39.3 Å². The minimum absolute atomic E-state index is 0.0685. The normalized spacial score (nSPS) is 12.2. The van der Waals surface area contributed by atoms with Gasteiger partial charge in [-0.1, -0.05) is 13.8 Å². The summed E-state index contributed by atoms with van der Waals surface area (Å²) in [6.45, 7) is 2.72. The number of halogens is 3. The van der Waals surface area contributed by atoms with E-state index in [0.717, 1.165) is 0 Å². The van der Waals surface area contributed by atoms with Crippen LogP contribution in [0, 0.1) is 5.41 Å². The summed E-state index contributed by atoms with van der Waals surface area (Å²) in [4.78, 5) is 21.5. The number of carboxylic acid groups (broad SMARTS) is 1. The summed E-state index contributed by atoms with van der Waals surface area (Å²) in [5, 5.41) is 13.1. The van der Waals surface area contributed by atoms with Gasteiger partial charge in [-0.15, -0.1) is 0 Å². The quantitative estimate of drug-likeness (QED) is 0.564. The highest BCUT2D eigenvalue weighted by Gasteiger charge is 2.27. The number of nitrogens with one attached hydrogen (secondary N) is 2. The van der Waals surface area contributed by atoms with Gasteiger partial charge >= 0.3 is 12.1 Å². The van der Waals surface area contributed by atoms with Gasteiger partial charge in [0.05, 0.1) is 6.54 Å². The topological polar surface area (TPSA) is 78.4 Å². The minimum Gasteiger partial charge on any atom is -0.481 e. The van der Waals surface area contributed by atoms with Gasteiger partial charge in [-0.2, -0.15) is 13.2 Å². The first kappa shape index (κ1) is 18.7. The fourth-order valence-electron chi connectivity index (χ4n) is 1.46. The summed E-state index contributed by atoms with van der Waals surface area (Å²) in [5.41, 5.74) is -0.201. The van der Waals surface area contributed by atoms with Gasteiger partial charge in [0, 0.05) is 6.42 Å². The van der Waals surface area contributed by atoms with Crippen LogP contribution in [0.2, 0.25) is 0 Å². The van der Waals surface area contributed by atoms with E-state index in [0.29, 0.717) is 19.4 Å². The van der Waals surface area contributed by atoms with E-state index >= 15 is 0 Å². The zero-order valence-electron chi connectivity index (χ0n) is 11.6. The predicted molar refractivity (Wildman–Crippen MR) is 67.2 cm³/mol. The van der Waals surface area contributed by atoms with Crippen LogP contribution in [0.15, 0.2) is 0 Å². The Morgan fingerprint density at radius 2 is 1.75 bits per heavy atom. The van der Waals surface area contributed by atoms with Crippen molar-refractivity contribution in [1.82, 2.24) is 10.6 Å². The van der Waals surface area contributed by atoms with Crippen LogP contribution in [0.4, 0.5) is 13.2 Å². The van der Waals surface area contributed by atoms with Gasteiger partial charge in [0.25, 0.3) is 0 Å². The molecule has 0 aliphatic rings. The van der Waals surface area contributed by atoms with Crippen LogP contribution in [-0.4, -0.2) is 42.8 Å². The monoisotopic (exact) mass is 298 g/mol. The second-order valence-electron chi connectivity index (χ2n) is 5.38. The Bertz CT molecular complexity index is 330. The number of hydrogen-bond acceptors (Lipinski definition) is 3. The summed E-state index contributed by atoms with van der Waals surface area (Å²) >= 11 is 0. The molecule has 1 amide bonds. The molecule has 0 saturated heterocycles. The van der Waals surface area contributed by atoms with Crippen molar-refractivity contribution < 1.29 is 27.9 Å². The average molecular weight is 298 g/mol. The fourth-order valence-corrected chi connectivity index (χ4v) is 1.46. The third kappa shape index (κ3) is 11.8. The van der Waals surface area contributed by atoms with Crippen molar-refractivity contribution in [3.05, 3.63) is 0 Å². The molecule has 0 atom stereocenters. The molecule has 0 unspecified atom stereocenters. The summed E-state index contributed by atoms with van der Waals surface area (Å²) in [6, 6.07) is 0. The molecule has 0 fully saturated rings. The van der Waals surface area contributed by atoms with Gasteiger partial charge in [0.2, 0.25) is 5.91 Å². The first-order valence-corrected chi connectivity index (χ1v) is 6.28. The van der Waals surface area contributed by atoms with E-state index in [1.807, 2.05) is 13.8 Å². The van der Waals surface area contributed by atoms with Gasteiger partial charge in [-0.3, -0.25) is 9.59 Å². The summed E-state index contributed by atoms with van der Waals surface area (Å²) in [5.74, 6) is -1.58. The Morgan fingerprint density at radius 1 is 1.15 bits per heavy atom. The van der Waals surface area contributed by atoms with Crippen molar-refractivity contribution in [2.75, 3.05) is 19.6 Å². The summed E-state index contributed by atoms with van der Waals surface area (Å²) < 4.78 is 35.5. The molecule has 0 radical (unpaired) electrons. The minimum atomic E-state index is -4.41. The molecule has 0 aromatic rings. The number of carbonyl (C=O) groups excluding carboxylic acids is 1. The van der Waals surface area contributed by atoms with Crippen molar-refractivity contribution in [1.29, 1.82) is 0 Å². The standard InChI is InChI=1S/C12H21F3N2O3/c1-11(2,4-3-10(19)20)5-6-16-7-9(18)17-8-12(13,14)15/h16H,3-8H2,1-2H3,(H,17,18)(H,19,20). The number of aliphatic carboxylic acids is 1. The maximum absolute atomic E-state index is 11.8. The number of amides is 1. The lowest BCUT2D eigenvalue weighted by atomic mass is 9.84. The van der Waals surface area contributed by atoms with E-state index in [4.69, 9.17) is 5.11 Å². The molecule has 0 aromatic carbocycles. The fraction of sp³-hybridized carbons (Fsp3) is 0.833. The Balaban J connectivity index is 3.74. The second kappa shape index (κ2) is 8.08. The molecule has 8 heteroatoms. The SMILES string of the molecule is CC(C)(CCNCC(=O)NCC(F)(F)F)CCC(=O)O. The van der Waals surface area contributed by atoms with Crippen LogP contribution >= 0.6 is 0 Å². The molecule has 0 spiro atoms. The Morgan fingerprint density at radius 3 is 2.25 bits per heavy atom. The van der Waals surface area contributed by atoms with E-state index in [1.165, 1.54) is 0 Å². The lowest BCUT2D eigenvalue weighted by molar-refractivity contribution is -0.138. The van der Waals surface area contributed by atoms with Crippen LogP contribution in [0.3, 0.4) is 0 Å². The van der Waals surface area contributed by atoms with Crippen LogP contribution in [0.1, 0.15) is 33.1 Å². The zero-order chi connectivity index (χ0) is 15.8. The molecule has 0 bridgehead atoms. The van der Waals surface area contributed by atoms with E-state index in [-0.39, 0.29) is 18.4 Å². The van der Waals surface area contributed by atoms with Crippen molar-refractivity contribution in [3.63, 3.8) is 0 Å². The van der Waals surface area contributed by atoms with Crippen molar-refractivity contribution in [3.8, 4) is 0 Å². The molecule has 118 valence electrons. The van der Waals surface area contributed by atoms with Crippen molar-refractivity contribution in [2.24, 2.45) is 5.41 Å². The number of alkyl halides is 3. The van der Waals surface area contributed by atoms with Gasteiger partial charge < -0.3 is 15.7 Å². The molecule has 5 nitrogen and oxygen atoms in total. The number of rotatable bonds is 9. The highest BCUT2D eigenvalue weighted by Crippen LogP contribution is 2.25. The third-order valence-electron chi connectivity index (χ3n) is 2.77. The third-order valence-corrected chi connectivity index (χ3v) is 2.77. The van der Waals surface area contributed by atoms with Gasteiger partial charge in [0.1, 0.15) is 6.54 Å². The Hall–Kier alpha value is -1.31. The van der Waals surface area contributed by atoms with E-state index < -0.39 is 24.6 Å². The molecule has 0 aliphatic carbocycles. The van der Waals surface area contributed by atoms with Crippen LogP contribution < -0.4 is 10.6 Å². The van der Waals surface area contributed by atoms with Gasteiger partial charge in [-0.25, -0.2) is 0 Å². The average Bonchev–Trinajstić information content (AvgIpc) is 2.29. The first-order chi connectivity index (χ1) is 9.02. The smallest absolute Gasteiger partial charge is 0.405 e. The number of carbonyl (C=O) groups is 2. The predicted octanol–water partition coefficient (Wildman–Crippen LogP) is 1.54. The molecule has 0 aliphatic heterocycles. The van der Waals surface area contributed by atoms with Crippen LogP contribution in [0.5, 0.6) is 0 Å². The van der Waals surface area contributed by atoms with Crippen LogP contribution in [-0.2, 0) is 9.59 Å². The molecule has 0 aromatic heterocycles. The summed E-state index contributed by atoms with van der Waals surface area (Å²) in [7, 11) is 0. The van der Waals surface area contributed by atoms with E-state index in [9.17, 15) is 22.8 Å². The lowest BCUT2D eigenvalue weighted by Gasteiger charge is -2.23. The number of hydrogen-bond donors (Lipinski definition) is 3. The second-order valence-corrected chi connectivity index (χ2v) is 5.38. The Kier molecular flexibility index (Phi) is 7.55. The lowest BCUT2D eigenvalue weighted by Crippen LogP contribution is -2.39. The number of carboxylic acids is 1. The maximum atomic E-state index is 11.8. The highest BCUT2D eigenvalue weighted by molar-refractivity contribution is 5.77. The molecular formula is C12H21F3N2O3. The molecule has 0 rings (SSSR count). The largest absolute Gasteiger partial charge is 0.481 e. The zero-order valence-corrected chi connectivity index (χ0v) is 11.6. The van der Waals surface area contributed by atoms with E-state index in [2.05, 4.69) is 5.32 Å².